The maximum atomic E-state index is 5.31. The van der Waals surface area contributed by atoms with Crippen molar-refractivity contribution in [2.24, 2.45) is 0 Å². The van der Waals surface area contributed by atoms with Crippen LogP contribution in [0.25, 0.3) is 239 Å². The van der Waals surface area contributed by atoms with Gasteiger partial charge >= 0.3 is 0 Å². The second-order valence-corrected chi connectivity index (χ2v) is 40.6. The van der Waals surface area contributed by atoms with Crippen LogP contribution in [0, 0.1) is 0 Å². The van der Waals surface area contributed by atoms with Gasteiger partial charge in [-0.2, -0.15) is 19.9 Å². The molecule has 0 N–H and O–H groups in total. The van der Waals surface area contributed by atoms with Crippen LogP contribution in [0.2, 0.25) is 0 Å². The summed E-state index contributed by atoms with van der Waals surface area (Å²) in [5.74, 6) is 5.76. The minimum absolute atomic E-state index is 0.0902. The zero-order valence-corrected chi connectivity index (χ0v) is 81.3. The van der Waals surface area contributed by atoms with Gasteiger partial charge in [-0.3, -0.25) is 9.13 Å². The van der Waals surface area contributed by atoms with Crippen LogP contribution in [-0.2, 0) is 16.2 Å². The van der Waals surface area contributed by atoms with Gasteiger partial charge in [-0.05, 0) is 168 Å². The van der Waals surface area contributed by atoms with Gasteiger partial charge in [0.15, 0.2) is 40.8 Å². The third kappa shape index (κ3) is 14.3. The second kappa shape index (κ2) is 34.1. The van der Waals surface area contributed by atoms with E-state index < -0.39 is 0 Å². The maximum Gasteiger partial charge on any atom is 0.238 e. The highest BCUT2D eigenvalue weighted by molar-refractivity contribution is 7.26. The van der Waals surface area contributed by atoms with Crippen LogP contribution in [0.5, 0.6) is 0 Å². The first kappa shape index (κ1) is 86.0. The van der Waals surface area contributed by atoms with E-state index in [1.165, 1.54) is 141 Å². The lowest BCUT2D eigenvalue weighted by molar-refractivity contribution is 0.661. The Morgan fingerprint density at radius 2 is 0.469 bits per heavy atom. The monoisotopic (exact) mass is 1880 g/mol. The highest BCUT2D eigenvalue weighted by Gasteiger charge is 2.40. The normalized spacial score (nSPS) is 13.2. The van der Waals surface area contributed by atoms with Crippen molar-refractivity contribution in [1.29, 1.82) is 0 Å². The Morgan fingerprint density at radius 1 is 0.172 bits per heavy atom. The molecular formula is C132H92N12S. The summed E-state index contributed by atoms with van der Waals surface area (Å²) >= 11 is 1.79. The Morgan fingerprint density at radius 3 is 0.903 bits per heavy atom. The average molecular weight is 1880 g/mol. The molecule has 3 aliphatic rings. The minimum Gasteiger partial charge on any atom is -0.309 e. The van der Waals surface area contributed by atoms with Gasteiger partial charge in [-0.15, -0.1) is 11.3 Å². The lowest BCUT2D eigenvalue weighted by Gasteiger charge is -2.21. The zero-order valence-electron chi connectivity index (χ0n) is 80.5. The molecule has 0 fully saturated rings. The number of benzene rings is 19. The number of hydrogen-bond donors (Lipinski definition) is 0. The molecule has 0 unspecified atom stereocenters. The number of nitrogens with zero attached hydrogens (tertiary/aromatic N) is 12. The van der Waals surface area contributed by atoms with Crippen LogP contribution in [0.3, 0.4) is 0 Å². The lowest BCUT2D eigenvalue weighted by atomic mass is 9.82. The molecule has 29 rings (SSSR count). The Kier molecular flexibility index (Phi) is 20.2. The van der Waals surface area contributed by atoms with Crippen molar-refractivity contribution >= 4 is 96.9 Å². The van der Waals surface area contributed by atoms with Crippen molar-refractivity contribution in [3.05, 3.63) is 482 Å². The van der Waals surface area contributed by atoms with Crippen LogP contribution in [0.4, 0.5) is 0 Å². The van der Waals surface area contributed by atoms with Crippen molar-refractivity contribution in [1.82, 2.24) is 58.6 Å². The van der Waals surface area contributed by atoms with E-state index in [0.717, 1.165) is 77.8 Å². The van der Waals surface area contributed by atoms with E-state index in [0.29, 0.717) is 52.7 Å². The average Bonchev–Trinajstić information content (AvgIpc) is 1.55. The van der Waals surface area contributed by atoms with Gasteiger partial charge in [0.25, 0.3) is 0 Å². The first-order valence-electron chi connectivity index (χ1n) is 49.5. The molecule has 0 radical (unpaired) electrons. The lowest BCUT2D eigenvalue weighted by Crippen LogP contribution is -2.14. The van der Waals surface area contributed by atoms with Gasteiger partial charge in [0.1, 0.15) is 0 Å². The summed E-state index contributed by atoms with van der Waals surface area (Å²) in [4.78, 5) is 46.0. The van der Waals surface area contributed by atoms with Crippen molar-refractivity contribution < 1.29 is 0 Å². The molecule has 7 aromatic heterocycles. The van der Waals surface area contributed by atoms with Gasteiger partial charge in [-0.1, -0.05) is 412 Å². The fourth-order valence-corrected chi connectivity index (χ4v) is 24.0. The van der Waals surface area contributed by atoms with Crippen molar-refractivity contribution in [3.8, 4) is 153 Å². The summed E-state index contributed by atoms with van der Waals surface area (Å²) in [7, 11) is 0. The van der Waals surface area contributed by atoms with E-state index in [9.17, 15) is 0 Å². The Hall–Kier alpha value is -18.2. The molecule has 0 saturated carbocycles. The van der Waals surface area contributed by atoms with E-state index in [1.54, 1.807) is 11.3 Å². The first-order valence-corrected chi connectivity index (χ1v) is 50.3. The Bertz CT molecular complexity index is 9590. The van der Waals surface area contributed by atoms with Crippen LogP contribution in [-0.4, -0.2) is 58.6 Å². The molecule has 0 aliphatic heterocycles. The third-order valence-corrected chi connectivity index (χ3v) is 31.2. The molecular weight excluding hydrogens is 1790 g/mol. The largest absolute Gasteiger partial charge is 0.309 e. The highest BCUT2D eigenvalue weighted by atomic mass is 32.1. The summed E-state index contributed by atoms with van der Waals surface area (Å²) in [6.07, 6.45) is 0. The molecule has 686 valence electrons. The molecule has 0 spiro atoms. The summed E-state index contributed by atoms with van der Waals surface area (Å²) < 4.78 is 9.34. The zero-order chi connectivity index (χ0) is 96.9. The number of fused-ring (bicyclic) bond motifs is 21. The molecule has 7 heterocycles. The molecule has 0 amide bonds. The van der Waals surface area contributed by atoms with Gasteiger partial charge in [-0.25, -0.2) is 24.9 Å². The molecule has 3 aliphatic carbocycles. The van der Waals surface area contributed by atoms with Crippen LogP contribution < -0.4 is 0 Å². The van der Waals surface area contributed by atoms with Crippen LogP contribution in [0.1, 0.15) is 74.9 Å². The van der Waals surface area contributed by atoms with Crippen molar-refractivity contribution in [3.63, 3.8) is 0 Å². The van der Waals surface area contributed by atoms with Gasteiger partial charge in [0.2, 0.25) is 11.9 Å². The Balaban J connectivity index is 0.000000108. The number of aromatic nitrogens is 12. The predicted octanol–water partition coefficient (Wildman–Crippen LogP) is 33.2. The first-order chi connectivity index (χ1) is 71.1. The maximum absolute atomic E-state index is 5.31. The molecule has 0 bridgehead atoms. The molecule has 0 saturated heterocycles. The van der Waals surface area contributed by atoms with Crippen LogP contribution >= 0.6 is 11.3 Å². The molecule has 12 nitrogen and oxygen atoms in total. The fraction of sp³-hybridized carbons (Fsp3) is 0.0682. The van der Waals surface area contributed by atoms with Crippen molar-refractivity contribution in [2.75, 3.05) is 0 Å². The standard InChI is InChI=1S/C48H34N4.C42H28N4S.C42H30N4/c1-48(2)41-24-13-12-23-37(41)39-30-44-40(29-42(39)48)38-26-25-34(31-15-6-3-7-16-31)28-43(38)52(44)36-22-14-21-35(27-36)47-50-45(32-17-8-4-9-18-32)49-46(51-47)33-19-10-5-11-20-33;1-42(2)33-20-9-6-15-26(33)31-24-36-32(23-34(31)42)27-16-7-10-21-35(27)46(36)41-44-39(25-13-4-3-5-14-25)43-40(45-41)30-19-12-18-29-28-17-8-11-22-37(28)47-38(29)30;1-42(2)35-21-13-12-20-31(35)33-26-38-34(25-36(33)42)32-23-22-30(27-14-6-3-7-15-27)24-37(32)46(38)41-44-39(28-16-8-4-9-17-28)43-40(45-41)29-18-10-5-11-19-29/h3-30H,1-2H3;3-24H,1-2H3;3-26H,1-2H3. The fourth-order valence-electron chi connectivity index (χ4n) is 22.8. The molecule has 0 atom stereocenters. The van der Waals surface area contributed by atoms with E-state index in [-0.39, 0.29) is 16.2 Å². The SMILES string of the molecule is CC1(C)c2ccccc2-c2cc3c(cc21)c1ccc(-c2ccccc2)cc1n3-c1cccc(-c2nc(-c3ccccc3)nc(-c3ccccc3)n2)c1.CC1(C)c2ccccc2-c2cc3c(cc21)c1ccc(-c2ccccc2)cc1n3-c1nc(-c2ccccc2)nc(-c2ccccc2)n1.CC1(C)c2ccccc2-c2cc3c(cc21)c1ccccc1n3-c1nc(-c2ccccc2)nc(-c2cccc3c2sc2ccccc23)n1. The number of thiophene rings is 1. The number of para-hydroxylation sites is 1. The third-order valence-electron chi connectivity index (χ3n) is 30.0. The van der Waals surface area contributed by atoms with Crippen LogP contribution in [0.15, 0.2) is 449 Å². The van der Waals surface area contributed by atoms with E-state index in [1.807, 2.05) is 115 Å². The summed E-state index contributed by atoms with van der Waals surface area (Å²) in [6, 6.07) is 159. The molecule has 13 heteroatoms. The highest BCUT2D eigenvalue weighted by Crippen LogP contribution is 2.56. The quantitative estimate of drug-likeness (QED) is 0.117. The second-order valence-electron chi connectivity index (χ2n) is 39.5. The van der Waals surface area contributed by atoms with E-state index in [2.05, 4.69) is 389 Å². The van der Waals surface area contributed by atoms with Gasteiger partial charge in [0.05, 0.1) is 33.1 Å². The summed E-state index contributed by atoms with van der Waals surface area (Å²) in [6.45, 7) is 14.0. The van der Waals surface area contributed by atoms with Crippen molar-refractivity contribution in [2.45, 2.75) is 57.8 Å². The molecule has 145 heavy (non-hydrogen) atoms. The van der Waals surface area contributed by atoms with Gasteiger partial charge < -0.3 is 4.57 Å². The Labute approximate surface area is 842 Å². The smallest absolute Gasteiger partial charge is 0.238 e. The number of hydrogen-bond acceptors (Lipinski definition) is 10. The summed E-state index contributed by atoms with van der Waals surface area (Å²) in [5, 5.41) is 9.71. The molecule has 26 aromatic rings. The predicted molar refractivity (Wildman–Crippen MR) is 597 cm³/mol. The topological polar surface area (TPSA) is 131 Å². The van der Waals surface area contributed by atoms with Gasteiger partial charge in [0, 0.05) is 113 Å². The molecule has 19 aromatic carbocycles. The van der Waals surface area contributed by atoms with E-state index >= 15 is 0 Å². The summed E-state index contributed by atoms with van der Waals surface area (Å²) in [5.41, 5.74) is 34.7. The minimum atomic E-state index is -0.105. The van der Waals surface area contributed by atoms with E-state index in [4.69, 9.17) is 44.9 Å². The number of rotatable bonds is 12.